The summed E-state index contributed by atoms with van der Waals surface area (Å²) >= 11 is 0. The standard InChI is InChI=1S/C14H17N3O6S/c15-9-11(10-17(4-6-18)5-7-19)14(20)16-12-2-1-3-13(8-12)24(21,22)23/h1-3,8,10,18-19H,4-7H2,(H,16,20)(H,21,22,23)/b11-10-. The fourth-order valence-corrected chi connectivity index (χ4v) is 2.28. The van der Waals surface area contributed by atoms with Crippen LogP contribution in [-0.2, 0) is 14.9 Å². The highest BCUT2D eigenvalue weighted by atomic mass is 32.2. The van der Waals surface area contributed by atoms with Gasteiger partial charge in [-0.3, -0.25) is 9.35 Å². The zero-order chi connectivity index (χ0) is 18.2. The van der Waals surface area contributed by atoms with Crippen molar-refractivity contribution in [2.75, 3.05) is 31.6 Å². The second kappa shape index (κ2) is 8.99. The summed E-state index contributed by atoms with van der Waals surface area (Å²) in [5, 5.41) is 29.2. The molecule has 4 N–H and O–H groups in total. The van der Waals surface area contributed by atoms with Gasteiger partial charge in [-0.2, -0.15) is 13.7 Å². The molecule has 0 aliphatic rings. The zero-order valence-corrected chi connectivity index (χ0v) is 13.4. The number of anilines is 1. The third-order valence-electron chi connectivity index (χ3n) is 2.84. The molecule has 1 aromatic carbocycles. The van der Waals surface area contributed by atoms with E-state index in [0.717, 1.165) is 12.1 Å². The van der Waals surface area contributed by atoms with Gasteiger partial charge in [-0.15, -0.1) is 0 Å². The molecule has 0 saturated heterocycles. The molecule has 0 heterocycles. The Bertz CT molecular complexity index is 748. The lowest BCUT2D eigenvalue weighted by Crippen LogP contribution is -2.26. The number of hydrogen-bond acceptors (Lipinski definition) is 7. The van der Waals surface area contributed by atoms with Gasteiger partial charge in [0, 0.05) is 25.0 Å². The smallest absolute Gasteiger partial charge is 0.294 e. The van der Waals surface area contributed by atoms with Crippen molar-refractivity contribution in [1.29, 1.82) is 5.26 Å². The summed E-state index contributed by atoms with van der Waals surface area (Å²) in [4.78, 5) is 13.1. The van der Waals surface area contributed by atoms with Crippen LogP contribution in [0.25, 0.3) is 0 Å². The number of nitriles is 1. The maximum absolute atomic E-state index is 12.1. The zero-order valence-electron chi connectivity index (χ0n) is 12.6. The van der Waals surface area contributed by atoms with Gasteiger partial charge in [0.05, 0.1) is 18.1 Å². The number of nitrogens with zero attached hydrogens (tertiary/aromatic N) is 2. The van der Waals surface area contributed by atoms with E-state index in [4.69, 9.17) is 20.0 Å². The van der Waals surface area contributed by atoms with Gasteiger partial charge in [-0.05, 0) is 18.2 Å². The van der Waals surface area contributed by atoms with Crippen LogP contribution in [-0.4, -0.2) is 60.3 Å². The van der Waals surface area contributed by atoms with Gasteiger partial charge in [0.25, 0.3) is 16.0 Å². The molecule has 24 heavy (non-hydrogen) atoms. The van der Waals surface area contributed by atoms with Crippen molar-refractivity contribution >= 4 is 21.7 Å². The van der Waals surface area contributed by atoms with Crippen LogP contribution in [0, 0.1) is 11.3 Å². The summed E-state index contributed by atoms with van der Waals surface area (Å²) in [6, 6.07) is 6.59. The Morgan fingerprint density at radius 1 is 1.29 bits per heavy atom. The van der Waals surface area contributed by atoms with Gasteiger partial charge in [0.2, 0.25) is 0 Å². The summed E-state index contributed by atoms with van der Waals surface area (Å²) in [5.74, 6) is -0.800. The molecule has 1 amide bonds. The average molecular weight is 355 g/mol. The van der Waals surface area contributed by atoms with Gasteiger partial charge in [0.15, 0.2) is 0 Å². The lowest BCUT2D eigenvalue weighted by molar-refractivity contribution is -0.112. The van der Waals surface area contributed by atoms with Crippen LogP contribution < -0.4 is 5.32 Å². The number of benzene rings is 1. The molecule has 9 nitrogen and oxygen atoms in total. The fraction of sp³-hybridized carbons (Fsp3) is 0.286. The number of rotatable bonds is 8. The first-order chi connectivity index (χ1) is 11.3. The molecule has 10 heteroatoms. The van der Waals surface area contributed by atoms with Crippen LogP contribution in [0.4, 0.5) is 5.69 Å². The molecule has 0 aliphatic heterocycles. The van der Waals surface area contributed by atoms with Crippen LogP contribution in [0.5, 0.6) is 0 Å². The monoisotopic (exact) mass is 355 g/mol. The van der Waals surface area contributed by atoms with Crippen molar-refractivity contribution in [3.05, 3.63) is 36.0 Å². The molecule has 0 bridgehead atoms. The molecule has 0 unspecified atom stereocenters. The second-order valence-corrected chi connectivity index (χ2v) is 6.02. The number of carbonyl (C=O) groups is 1. The van der Waals surface area contributed by atoms with E-state index in [-0.39, 0.29) is 37.6 Å². The predicted molar refractivity (Wildman–Crippen MR) is 84.3 cm³/mol. The van der Waals surface area contributed by atoms with E-state index in [1.807, 2.05) is 0 Å². The normalized spacial score (nSPS) is 11.7. The van der Waals surface area contributed by atoms with E-state index >= 15 is 0 Å². The molecular formula is C14H17N3O6S. The lowest BCUT2D eigenvalue weighted by Gasteiger charge is -2.18. The van der Waals surface area contributed by atoms with E-state index in [1.54, 1.807) is 6.07 Å². The third-order valence-corrected chi connectivity index (χ3v) is 3.69. The minimum atomic E-state index is -4.42. The van der Waals surface area contributed by atoms with E-state index in [2.05, 4.69) is 5.32 Å². The Balaban J connectivity index is 2.98. The van der Waals surface area contributed by atoms with Crippen LogP contribution in [0.1, 0.15) is 0 Å². The first-order valence-electron chi connectivity index (χ1n) is 6.78. The largest absolute Gasteiger partial charge is 0.395 e. The molecular weight excluding hydrogens is 338 g/mol. The Kier molecular flexibility index (Phi) is 7.34. The summed E-state index contributed by atoms with van der Waals surface area (Å²) in [7, 11) is -4.42. The Labute approximate surface area is 139 Å². The van der Waals surface area contributed by atoms with Gasteiger partial charge >= 0.3 is 0 Å². The fourth-order valence-electron chi connectivity index (χ4n) is 1.75. The average Bonchev–Trinajstić information content (AvgIpc) is 2.52. The molecule has 0 spiro atoms. The second-order valence-electron chi connectivity index (χ2n) is 4.59. The SMILES string of the molecule is N#C/C(=C/N(CCO)CCO)C(=O)Nc1cccc(S(=O)(=O)O)c1. The molecule has 0 fully saturated rings. The molecule has 0 radical (unpaired) electrons. The van der Waals surface area contributed by atoms with E-state index in [1.165, 1.54) is 23.2 Å². The minimum absolute atomic E-state index is 0.0761. The highest BCUT2D eigenvalue weighted by molar-refractivity contribution is 7.85. The van der Waals surface area contributed by atoms with Gasteiger partial charge in [-0.1, -0.05) is 6.07 Å². The quantitative estimate of drug-likeness (QED) is 0.278. The summed E-state index contributed by atoms with van der Waals surface area (Å²) in [6.07, 6.45) is 1.19. The number of nitrogens with one attached hydrogen (secondary N) is 1. The Hall–Kier alpha value is -2.45. The summed E-state index contributed by atoms with van der Waals surface area (Å²) < 4.78 is 31.1. The topological polar surface area (TPSA) is 151 Å². The van der Waals surface area contributed by atoms with E-state index in [9.17, 15) is 13.2 Å². The lowest BCUT2D eigenvalue weighted by atomic mass is 10.2. The number of aliphatic hydroxyl groups is 2. The highest BCUT2D eigenvalue weighted by Gasteiger charge is 2.14. The summed E-state index contributed by atoms with van der Waals surface area (Å²) in [6.45, 7) is -0.213. The van der Waals surface area contributed by atoms with Crippen LogP contribution in [0.2, 0.25) is 0 Å². The Morgan fingerprint density at radius 2 is 1.92 bits per heavy atom. The van der Waals surface area contributed by atoms with Crippen molar-refractivity contribution in [2.24, 2.45) is 0 Å². The van der Waals surface area contributed by atoms with Gasteiger partial charge in [0.1, 0.15) is 11.6 Å². The first kappa shape index (κ1) is 19.6. The number of amides is 1. The van der Waals surface area contributed by atoms with Crippen LogP contribution in [0.3, 0.4) is 0 Å². The molecule has 0 aromatic heterocycles. The predicted octanol–water partition coefficient (Wildman–Crippen LogP) is -0.434. The molecule has 1 rings (SSSR count). The van der Waals surface area contributed by atoms with Crippen molar-refractivity contribution < 1.29 is 28.0 Å². The first-order valence-corrected chi connectivity index (χ1v) is 8.22. The van der Waals surface area contributed by atoms with Gasteiger partial charge < -0.3 is 20.4 Å². The molecule has 130 valence electrons. The molecule has 0 saturated carbocycles. The summed E-state index contributed by atoms with van der Waals surface area (Å²) in [5.41, 5.74) is -0.221. The van der Waals surface area contributed by atoms with Crippen LogP contribution in [0.15, 0.2) is 40.9 Å². The maximum Gasteiger partial charge on any atom is 0.294 e. The van der Waals surface area contributed by atoms with Crippen molar-refractivity contribution in [1.82, 2.24) is 4.90 Å². The number of carbonyl (C=O) groups excluding carboxylic acids is 1. The van der Waals surface area contributed by atoms with E-state index in [0.29, 0.717) is 0 Å². The third kappa shape index (κ3) is 5.98. The number of hydrogen-bond donors (Lipinski definition) is 4. The van der Waals surface area contributed by atoms with Gasteiger partial charge in [-0.25, -0.2) is 0 Å². The van der Waals surface area contributed by atoms with Crippen molar-refractivity contribution in [3.63, 3.8) is 0 Å². The molecule has 0 aliphatic carbocycles. The number of aliphatic hydroxyl groups excluding tert-OH is 2. The Morgan fingerprint density at radius 3 is 2.42 bits per heavy atom. The molecule has 1 aromatic rings. The van der Waals surface area contributed by atoms with Crippen LogP contribution >= 0.6 is 0 Å². The van der Waals surface area contributed by atoms with Crippen molar-refractivity contribution in [3.8, 4) is 6.07 Å². The highest BCUT2D eigenvalue weighted by Crippen LogP contribution is 2.16. The van der Waals surface area contributed by atoms with Crippen molar-refractivity contribution in [2.45, 2.75) is 4.90 Å². The molecule has 0 atom stereocenters. The van der Waals surface area contributed by atoms with E-state index < -0.39 is 20.9 Å². The minimum Gasteiger partial charge on any atom is -0.395 e. The maximum atomic E-state index is 12.1.